The molecule has 6 heteroatoms. The lowest BCUT2D eigenvalue weighted by Gasteiger charge is -2.33. The largest absolute Gasteiger partial charge is 0.339 e. The second kappa shape index (κ2) is 7.06. The van der Waals surface area contributed by atoms with Gasteiger partial charge in [-0.1, -0.05) is 25.1 Å². The van der Waals surface area contributed by atoms with Gasteiger partial charge in [0.1, 0.15) is 0 Å². The topological polar surface area (TPSA) is 69.7 Å². The third-order valence-corrected chi connectivity index (χ3v) is 3.85. The van der Waals surface area contributed by atoms with Crippen molar-refractivity contribution in [3.8, 4) is 0 Å². The fourth-order valence-electron chi connectivity index (χ4n) is 2.49. The molecule has 118 valence electrons. The zero-order valence-electron chi connectivity index (χ0n) is 13.0. The van der Waals surface area contributed by atoms with Crippen LogP contribution in [-0.2, 0) is 20.8 Å². The molecule has 22 heavy (non-hydrogen) atoms. The Labute approximate surface area is 130 Å². The van der Waals surface area contributed by atoms with E-state index in [1.54, 1.807) is 11.0 Å². The summed E-state index contributed by atoms with van der Waals surface area (Å²) in [5.41, 5.74) is 1.66. The lowest BCUT2D eigenvalue weighted by atomic mass is 10.1. The molecule has 0 saturated carbocycles. The fraction of sp³-hybridized carbons (Fsp3) is 0.438. The van der Waals surface area contributed by atoms with Crippen LogP contribution in [0.1, 0.15) is 19.4 Å². The summed E-state index contributed by atoms with van der Waals surface area (Å²) in [5, 5.41) is 2.68. The molecule has 0 radical (unpaired) electrons. The molecular weight excluding hydrogens is 282 g/mol. The third kappa shape index (κ3) is 3.63. The lowest BCUT2D eigenvalue weighted by molar-refractivity contribution is -0.145. The molecule has 0 bridgehead atoms. The van der Waals surface area contributed by atoms with Crippen LogP contribution < -0.4 is 5.32 Å². The zero-order valence-corrected chi connectivity index (χ0v) is 13.0. The average Bonchev–Trinajstić information content (AvgIpc) is 2.54. The van der Waals surface area contributed by atoms with Crippen LogP contribution >= 0.6 is 0 Å². The predicted octanol–water partition coefficient (Wildman–Crippen LogP) is 0.878. The Balaban J connectivity index is 1.96. The second-order valence-corrected chi connectivity index (χ2v) is 5.26. The van der Waals surface area contributed by atoms with Crippen LogP contribution in [0.5, 0.6) is 0 Å². The number of para-hydroxylation sites is 1. The van der Waals surface area contributed by atoms with E-state index in [0.717, 1.165) is 12.0 Å². The monoisotopic (exact) mass is 303 g/mol. The van der Waals surface area contributed by atoms with Gasteiger partial charge in [0.15, 0.2) is 0 Å². The molecule has 0 spiro atoms. The van der Waals surface area contributed by atoms with E-state index in [1.807, 2.05) is 25.1 Å². The van der Waals surface area contributed by atoms with Gasteiger partial charge in [0.05, 0.1) is 0 Å². The van der Waals surface area contributed by atoms with Crippen LogP contribution in [0.3, 0.4) is 0 Å². The number of nitrogens with one attached hydrogen (secondary N) is 1. The Hall–Kier alpha value is -2.37. The third-order valence-electron chi connectivity index (χ3n) is 3.85. The Morgan fingerprint density at radius 3 is 2.23 bits per heavy atom. The van der Waals surface area contributed by atoms with Crippen molar-refractivity contribution in [1.29, 1.82) is 0 Å². The number of aryl methyl sites for hydroxylation is 1. The van der Waals surface area contributed by atoms with Gasteiger partial charge in [0.25, 0.3) is 0 Å². The van der Waals surface area contributed by atoms with E-state index < -0.39 is 11.8 Å². The minimum atomic E-state index is -0.628. The standard InChI is InChI=1S/C16H21N3O3/c1-3-13-6-4-5-7-14(13)17-15(21)16(22)19-10-8-18(9-11-19)12(2)20/h4-7H,3,8-11H2,1-2H3,(H,17,21). The summed E-state index contributed by atoms with van der Waals surface area (Å²) in [6.45, 7) is 5.22. The van der Waals surface area contributed by atoms with E-state index >= 15 is 0 Å². The van der Waals surface area contributed by atoms with Crippen LogP contribution in [0.4, 0.5) is 5.69 Å². The van der Waals surface area contributed by atoms with Gasteiger partial charge in [0, 0.05) is 38.8 Å². The molecule has 1 N–H and O–H groups in total. The first-order chi connectivity index (χ1) is 10.5. The first kappa shape index (κ1) is 16.0. The summed E-state index contributed by atoms with van der Waals surface area (Å²) in [5.74, 6) is -1.18. The van der Waals surface area contributed by atoms with Gasteiger partial charge >= 0.3 is 11.8 Å². The van der Waals surface area contributed by atoms with Crippen LogP contribution in [0.25, 0.3) is 0 Å². The highest BCUT2D eigenvalue weighted by Gasteiger charge is 2.27. The molecule has 3 amide bonds. The quantitative estimate of drug-likeness (QED) is 0.825. The highest BCUT2D eigenvalue weighted by atomic mass is 16.2. The van der Waals surface area contributed by atoms with Crippen LogP contribution in [-0.4, -0.2) is 53.7 Å². The lowest BCUT2D eigenvalue weighted by Crippen LogP contribution is -2.52. The van der Waals surface area contributed by atoms with Crippen molar-refractivity contribution in [3.05, 3.63) is 29.8 Å². The number of carbonyl (C=O) groups is 3. The maximum Gasteiger partial charge on any atom is 0.313 e. The molecule has 2 rings (SSSR count). The molecule has 1 heterocycles. The average molecular weight is 303 g/mol. The van der Waals surface area contributed by atoms with E-state index in [4.69, 9.17) is 0 Å². The number of benzene rings is 1. The van der Waals surface area contributed by atoms with Crippen LogP contribution in [0, 0.1) is 0 Å². The molecule has 1 aliphatic heterocycles. The van der Waals surface area contributed by atoms with Crippen molar-refractivity contribution >= 4 is 23.4 Å². The highest BCUT2D eigenvalue weighted by molar-refractivity contribution is 6.39. The molecule has 0 aliphatic carbocycles. The molecule has 0 atom stereocenters. The zero-order chi connectivity index (χ0) is 16.1. The van der Waals surface area contributed by atoms with Crippen molar-refractivity contribution in [2.45, 2.75) is 20.3 Å². The number of rotatable bonds is 2. The normalized spacial score (nSPS) is 14.6. The molecular formula is C16H21N3O3. The van der Waals surface area contributed by atoms with Crippen molar-refractivity contribution < 1.29 is 14.4 Å². The summed E-state index contributed by atoms with van der Waals surface area (Å²) >= 11 is 0. The van der Waals surface area contributed by atoms with Gasteiger partial charge < -0.3 is 15.1 Å². The van der Waals surface area contributed by atoms with E-state index in [9.17, 15) is 14.4 Å². The molecule has 0 unspecified atom stereocenters. The highest BCUT2D eigenvalue weighted by Crippen LogP contribution is 2.15. The van der Waals surface area contributed by atoms with Crippen molar-refractivity contribution in [1.82, 2.24) is 9.80 Å². The Morgan fingerprint density at radius 2 is 1.64 bits per heavy atom. The maximum atomic E-state index is 12.2. The number of hydrogen-bond donors (Lipinski definition) is 1. The summed E-state index contributed by atoms with van der Waals surface area (Å²) in [6.07, 6.45) is 0.780. The number of carbonyl (C=O) groups excluding carboxylic acids is 3. The molecule has 1 aromatic rings. The first-order valence-electron chi connectivity index (χ1n) is 7.46. The van der Waals surface area contributed by atoms with Gasteiger partial charge in [-0.2, -0.15) is 0 Å². The number of piperazine rings is 1. The fourth-order valence-corrected chi connectivity index (χ4v) is 2.49. The van der Waals surface area contributed by atoms with Crippen LogP contribution in [0.15, 0.2) is 24.3 Å². The minimum absolute atomic E-state index is 0.00609. The molecule has 1 aliphatic rings. The SMILES string of the molecule is CCc1ccccc1NC(=O)C(=O)N1CCN(C(C)=O)CC1. The smallest absolute Gasteiger partial charge is 0.313 e. The van der Waals surface area contributed by atoms with Crippen molar-refractivity contribution in [3.63, 3.8) is 0 Å². The van der Waals surface area contributed by atoms with Gasteiger partial charge in [-0.25, -0.2) is 0 Å². The summed E-state index contributed by atoms with van der Waals surface area (Å²) in [7, 11) is 0. The van der Waals surface area contributed by atoms with Gasteiger partial charge in [-0.15, -0.1) is 0 Å². The predicted molar refractivity (Wildman–Crippen MR) is 83.3 cm³/mol. The van der Waals surface area contributed by atoms with Crippen molar-refractivity contribution in [2.24, 2.45) is 0 Å². The van der Waals surface area contributed by atoms with E-state index in [0.29, 0.717) is 31.9 Å². The Morgan fingerprint density at radius 1 is 1.05 bits per heavy atom. The number of nitrogens with zero attached hydrogens (tertiary/aromatic N) is 2. The molecule has 0 aromatic heterocycles. The van der Waals surface area contributed by atoms with E-state index in [-0.39, 0.29) is 5.91 Å². The molecule has 1 saturated heterocycles. The molecule has 1 aromatic carbocycles. The minimum Gasteiger partial charge on any atom is -0.339 e. The summed E-state index contributed by atoms with van der Waals surface area (Å²) in [6, 6.07) is 7.44. The van der Waals surface area contributed by atoms with Gasteiger partial charge in [0.2, 0.25) is 5.91 Å². The maximum absolute atomic E-state index is 12.2. The first-order valence-corrected chi connectivity index (χ1v) is 7.46. The van der Waals surface area contributed by atoms with E-state index in [1.165, 1.54) is 11.8 Å². The summed E-state index contributed by atoms with van der Waals surface area (Å²) < 4.78 is 0. The number of hydrogen-bond acceptors (Lipinski definition) is 3. The second-order valence-electron chi connectivity index (χ2n) is 5.26. The van der Waals surface area contributed by atoms with Gasteiger partial charge in [-0.05, 0) is 18.1 Å². The summed E-state index contributed by atoms with van der Waals surface area (Å²) in [4.78, 5) is 38.7. The number of anilines is 1. The number of amides is 3. The Kier molecular flexibility index (Phi) is 5.14. The Bertz CT molecular complexity index is 578. The van der Waals surface area contributed by atoms with Gasteiger partial charge in [-0.3, -0.25) is 14.4 Å². The van der Waals surface area contributed by atoms with E-state index in [2.05, 4.69) is 5.32 Å². The van der Waals surface area contributed by atoms with Crippen LogP contribution in [0.2, 0.25) is 0 Å². The van der Waals surface area contributed by atoms with Crippen molar-refractivity contribution in [2.75, 3.05) is 31.5 Å². The molecule has 1 fully saturated rings. The molecule has 6 nitrogen and oxygen atoms in total.